The third-order valence-corrected chi connectivity index (χ3v) is 6.11. The van der Waals surface area contributed by atoms with Crippen molar-refractivity contribution in [1.29, 1.82) is 0 Å². The van der Waals surface area contributed by atoms with Gasteiger partial charge in [-0.2, -0.15) is 4.31 Å². The van der Waals surface area contributed by atoms with E-state index >= 15 is 0 Å². The van der Waals surface area contributed by atoms with Gasteiger partial charge in [0, 0.05) is 32.2 Å². The molecule has 1 N–H and O–H groups in total. The Kier molecular flexibility index (Phi) is 9.43. The Balaban J connectivity index is 0.00000364. The van der Waals surface area contributed by atoms with Crippen molar-refractivity contribution in [3.05, 3.63) is 0 Å². The normalized spacial score (nSPS) is 24.5. The van der Waals surface area contributed by atoms with Crippen molar-refractivity contribution in [2.75, 3.05) is 52.1 Å². The summed E-state index contributed by atoms with van der Waals surface area (Å²) in [5, 5.41) is 8.91. The maximum atomic E-state index is 12.6. The summed E-state index contributed by atoms with van der Waals surface area (Å²) in [5.41, 5.74) is 0. The minimum Gasteiger partial charge on any atom is -0.480 e. The fourth-order valence-electron chi connectivity index (χ4n) is 3.48. The van der Waals surface area contributed by atoms with Gasteiger partial charge in [-0.1, -0.05) is 0 Å². The molecule has 0 bridgehead atoms. The number of amides is 1. The Hall–Kier alpha value is -0.940. The van der Waals surface area contributed by atoms with Crippen molar-refractivity contribution in [2.45, 2.75) is 38.3 Å². The molecule has 9 nitrogen and oxygen atoms in total. The van der Waals surface area contributed by atoms with Crippen LogP contribution in [0.4, 0.5) is 0 Å². The summed E-state index contributed by atoms with van der Waals surface area (Å²) in [7, 11) is -3.65. The summed E-state index contributed by atoms with van der Waals surface area (Å²) in [6, 6.07) is 0.254. The molecule has 2 heterocycles. The highest BCUT2D eigenvalue weighted by Crippen LogP contribution is 2.17. The van der Waals surface area contributed by atoms with E-state index in [-0.39, 0.29) is 37.4 Å². The number of carboxylic acids is 1. The first-order chi connectivity index (χ1) is 12.2. The monoisotopic (exact) mass is 427 g/mol. The molecule has 1 amide bonds. The number of morpholine rings is 1. The number of carboxylic acid groups (broad SMARTS) is 1. The van der Waals surface area contributed by atoms with Gasteiger partial charge in [-0.15, -0.1) is 12.4 Å². The third kappa shape index (κ3) is 7.53. The lowest BCUT2D eigenvalue weighted by Gasteiger charge is -2.38. The summed E-state index contributed by atoms with van der Waals surface area (Å²) >= 11 is 0. The Morgan fingerprint density at radius 3 is 2.56 bits per heavy atom. The van der Waals surface area contributed by atoms with Gasteiger partial charge in [0.25, 0.3) is 0 Å². The Labute approximate surface area is 167 Å². The highest BCUT2D eigenvalue weighted by atomic mass is 35.5. The van der Waals surface area contributed by atoms with E-state index in [4.69, 9.17) is 9.84 Å². The molecule has 0 aromatic rings. The van der Waals surface area contributed by atoms with E-state index < -0.39 is 28.6 Å². The average Bonchev–Trinajstić information content (AvgIpc) is 2.53. The summed E-state index contributed by atoms with van der Waals surface area (Å²) < 4.78 is 30.0. The van der Waals surface area contributed by atoms with E-state index in [1.54, 1.807) is 0 Å². The van der Waals surface area contributed by atoms with E-state index in [0.29, 0.717) is 19.7 Å². The maximum absolute atomic E-state index is 12.6. The predicted molar refractivity (Wildman–Crippen MR) is 103 cm³/mol. The van der Waals surface area contributed by atoms with Gasteiger partial charge < -0.3 is 14.7 Å². The highest BCUT2D eigenvalue weighted by Gasteiger charge is 2.30. The van der Waals surface area contributed by atoms with E-state index in [9.17, 15) is 18.0 Å². The Morgan fingerprint density at radius 2 is 1.96 bits per heavy atom. The van der Waals surface area contributed by atoms with Crippen LogP contribution in [0.25, 0.3) is 0 Å². The standard InChI is InChI=1S/C16H29N3O6S.ClH/c1-13-5-3-4-6-19(13)15(20)11-17-7-8-25-14(9-17)10-18(12-16(21)22)26(2,23)24;/h13-14H,3-12H2,1-2H3,(H,21,22);1H. The zero-order valence-corrected chi connectivity index (χ0v) is 17.5. The second kappa shape index (κ2) is 10.6. The van der Waals surface area contributed by atoms with Crippen LogP contribution in [0.15, 0.2) is 0 Å². The maximum Gasteiger partial charge on any atom is 0.318 e. The molecule has 0 aliphatic carbocycles. The molecule has 0 aromatic heterocycles. The van der Waals surface area contributed by atoms with Gasteiger partial charge in [0.15, 0.2) is 0 Å². The second-order valence-electron chi connectivity index (χ2n) is 7.11. The van der Waals surface area contributed by atoms with Crippen LogP contribution in [-0.4, -0.2) is 104 Å². The van der Waals surface area contributed by atoms with Crippen LogP contribution in [0.3, 0.4) is 0 Å². The molecule has 27 heavy (non-hydrogen) atoms. The number of halogens is 1. The molecule has 2 unspecified atom stereocenters. The molecule has 11 heteroatoms. The fourth-order valence-corrected chi connectivity index (χ4v) is 4.26. The molecular weight excluding hydrogens is 398 g/mol. The van der Waals surface area contributed by atoms with Crippen molar-refractivity contribution < 1.29 is 27.9 Å². The smallest absolute Gasteiger partial charge is 0.318 e. The molecule has 0 radical (unpaired) electrons. The Morgan fingerprint density at radius 1 is 1.26 bits per heavy atom. The fraction of sp³-hybridized carbons (Fsp3) is 0.875. The number of aliphatic carboxylic acids is 1. The summed E-state index contributed by atoms with van der Waals surface area (Å²) in [6.45, 7) is 3.89. The van der Waals surface area contributed by atoms with Gasteiger partial charge >= 0.3 is 5.97 Å². The van der Waals surface area contributed by atoms with Gasteiger partial charge in [0.1, 0.15) is 6.54 Å². The van der Waals surface area contributed by atoms with Gasteiger partial charge in [0.05, 0.1) is 25.5 Å². The predicted octanol–water partition coefficient (Wildman–Crippen LogP) is -0.144. The quantitative estimate of drug-likeness (QED) is 0.602. The zero-order chi connectivity index (χ0) is 19.3. The molecule has 0 aromatic carbocycles. The SMILES string of the molecule is CC1CCCCN1C(=O)CN1CCOC(CN(CC(=O)O)S(C)(=O)=O)C1.Cl. The first-order valence-corrected chi connectivity index (χ1v) is 10.8. The number of rotatable bonds is 7. The lowest BCUT2D eigenvalue weighted by molar-refractivity contribution is -0.138. The van der Waals surface area contributed by atoms with Crippen molar-refractivity contribution >= 4 is 34.3 Å². The number of carbonyl (C=O) groups excluding carboxylic acids is 1. The summed E-state index contributed by atoms with van der Waals surface area (Å²) in [4.78, 5) is 27.4. The topological polar surface area (TPSA) is 107 Å². The molecule has 2 aliphatic rings. The first-order valence-electron chi connectivity index (χ1n) is 8.97. The van der Waals surface area contributed by atoms with Crippen LogP contribution in [0.2, 0.25) is 0 Å². The molecule has 2 fully saturated rings. The van der Waals surface area contributed by atoms with Crippen LogP contribution in [0.5, 0.6) is 0 Å². The van der Waals surface area contributed by atoms with Gasteiger partial charge in [0.2, 0.25) is 15.9 Å². The van der Waals surface area contributed by atoms with Gasteiger partial charge in [-0.05, 0) is 26.2 Å². The summed E-state index contributed by atoms with van der Waals surface area (Å²) in [6.07, 6.45) is 3.73. The number of likely N-dealkylation sites (tertiary alicyclic amines) is 1. The number of ether oxygens (including phenoxy) is 1. The lowest BCUT2D eigenvalue weighted by atomic mass is 10.0. The van der Waals surface area contributed by atoms with Crippen LogP contribution < -0.4 is 0 Å². The number of hydrogen-bond donors (Lipinski definition) is 1. The lowest BCUT2D eigenvalue weighted by Crippen LogP contribution is -2.53. The minimum atomic E-state index is -3.65. The van der Waals surface area contributed by atoms with Gasteiger partial charge in [-0.3, -0.25) is 14.5 Å². The Bertz CT molecular complexity index is 617. The van der Waals surface area contributed by atoms with E-state index in [2.05, 4.69) is 6.92 Å². The number of sulfonamides is 1. The largest absolute Gasteiger partial charge is 0.480 e. The van der Waals surface area contributed by atoms with Crippen molar-refractivity contribution in [3.63, 3.8) is 0 Å². The van der Waals surface area contributed by atoms with Crippen molar-refractivity contribution in [3.8, 4) is 0 Å². The van der Waals surface area contributed by atoms with Crippen LogP contribution in [0.1, 0.15) is 26.2 Å². The molecule has 2 rings (SSSR count). The van der Waals surface area contributed by atoms with Crippen molar-refractivity contribution in [1.82, 2.24) is 14.1 Å². The van der Waals surface area contributed by atoms with Crippen molar-refractivity contribution in [2.24, 2.45) is 0 Å². The van der Waals surface area contributed by atoms with Crippen LogP contribution in [0, 0.1) is 0 Å². The van der Waals surface area contributed by atoms with E-state index in [1.807, 2.05) is 9.80 Å². The molecule has 158 valence electrons. The molecule has 2 aliphatic heterocycles. The highest BCUT2D eigenvalue weighted by molar-refractivity contribution is 7.88. The number of carbonyl (C=O) groups is 2. The third-order valence-electron chi connectivity index (χ3n) is 4.89. The minimum absolute atomic E-state index is 0. The molecule has 0 saturated carbocycles. The summed E-state index contributed by atoms with van der Waals surface area (Å²) in [5.74, 6) is -1.12. The second-order valence-corrected chi connectivity index (χ2v) is 9.09. The molecule has 0 spiro atoms. The molecule has 2 saturated heterocycles. The van der Waals surface area contributed by atoms with Crippen LogP contribution in [-0.2, 0) is 24.3 Å². The van der Waals surface area contributed by atoms with E-state index in [0.717, 1.165) is 36.4 Å². The van der Waals surface area contributed by atoms with E-state index in [1.165, 1.54) is 0 Å². The number of hydrogen-bond acceptors (Lipinski definition) is 6. The number of nitrogens with zero attached hydrogens (tertiary/aromatic N) is 3. The van der Waals surface area contributed by atoms with Gasteiger partial charge in [-0.25, -0.2) is 8.42 Å². The number of piperidine rings is 1. The molecule has 2 atom stereocenters. The first kappa shape index (κ1) is 24.1. The average molecular weight is 428 g/mol. The zero-order valence-electron chi connectivity index (χ0n) is 15.9. The molecular formula is C16H30ClN3O6S. The van der Waals surface area contributed by atoms with Crippen LogP contribution >= 0.6 is 12.4 Å².